The van der Waals surface area contributed by atoms with Gasteiger partial charge in [-0.05, 0) is 42.3 Å². The topological polar surface area (TPSA) is 80.8 Å². The van der Waals surface area contributed by atoms with Gasteiger partial charge in [0.15, 0.2) is 11.5 Å². The molecule has 5 rings (SSSR count). The number of ether oxygens (including phenoxy) is 4. The first-order valence-corrected chi connectivity index (χ1v) is 14.6. The van der Waals surface area contributed by atoms with Crippen LogP contribution in [-0.4, -0.2) is 71.3 Å². The lowest BCUT2D eigenvalue weighted by atomic mass is 9.82. The molecule has 0 aromatic heterocycles. The molecule has 0 N–H and O–H groups in total. The van der Waals surface area contributed by atoms with Crippen molar-refractivity contribution in [1.82, 2.24) is 4.90 Å². The highest BCUT2D eigenvalue weighted by atomic mass is 19.4. The number of amides is 2. The standard InChI is InChI=1S/C33H36F3N3O6/c1-42-25-10-8-21(9-11-25)30-26(12-13-29(40)39(30)24-19-27(43-2)31(45-4)28(20-24)44-3)32(41)38-16-14-37(15-17-38)23-7-5-6-22(18-23)33(34,35)36/h5-11,18-20,26,30H,12-17H2,1-4H3/t26-,30+/m0/s1. The molecule has 9 nitrogen and oxygen atoms in total. The predicted octanol–water partition coefficient (Wildman–Crippen LogP) is 5.57. The van der Waals surface area contributed by atoms with Crippen molar-refractivity contribution in [3.05, 3.63) is 71.8 Å². The quantitative estimate of drug-likeness (QED) is 0.323. The van der Waals surface area contributed by atoms with Crippen LogP contribution in [0.3, 0.4) is 0 Å². The summed E-state index contributed by atoms with van der Waals surface area (Å²) < 4.78 is 61.9. The highest BCUT2D eigenvalue weighted by molar-refractivity contribution is 5.98. The molecular formula is C33H36F3N3O6. The largest absolute Gasteiger partial charge is 0.497 e. The third-order valence-corrected chi connectivity index (χ3v) is 8.43. The maximum absolute atomic E-state index is 14.2. The molecule has 2 atom stereocenters. The number of piperidine rings is 1. The van der Waals surface area contributed by atoms with Gasteiger partial charge >= 0.3 is 6.18 Å². The van der Waals surface area contributed by atoms with Crippen LogP contribution in [0.1, 0.15) is 30.0 Å². The molecule has 2 saturated heterocycles. The smallest absolute Gasteiger partial charge is 0.416 e. The minimum absolute atomic E-state index is 0.121. The van der Waals surface area contributed by atoms with Gasteiger partial charge in [0.2, 0.25) is 17.6 Å². The minimum atomic E-state index is -4.44. The zero-order valence-electron chi connectivity index (χ0n) is 25.6. The van der Waals surface area contributed by atoms with Gasteiger partial charge in [-0.3, -0.25) is 9.59 Å². The van der Waals surface area contributed by atoms with Crippen molar-refractivity contribution in [2.45, 2.75) is 25.1 Å². The van der Waals surface area contributed by atoms with E-state index in [2.05, 4.69) is 0 Å². The Morgan fingerprint density at radius 1 is 0.800 bits per heavy atom. The van der Waals surface area contributed by atoms with E-state index in [0.717, 1.165) is 17.7 Å². The molecule has 2 aliphatic heterocycles. The lowest BCUT2D eigenvalue weighted by Crippen LogP contribution is -2.54. The highest BCUT2D eigenvalue weighted by Gasteiger charge is 2.44. The molecule has 2 fully saturated rings. The number of rotatable bonds is 8. The molecular weight excluding hydrogens is 591 g/mol. The molecule has 2 aliphatic rings. The number of anilines is 2. The first-order chi connectivity index (χ1) is 21.6. The molecule has 0 unspecified atom stereocenters. The van der Waals surface area contributed by atoms with Crippen molar-refractivity contribution in [2.75, 3.05) is 64.4 Å². The predicted molar refractivity (Wildman–Crippen MR) is 162 cm³/mol. The Balaban J connectivity index is 1.46. The zero-order valence-corrected chi connectivity index (χ0v) is 25.6. The van der Waals surface area contributed by atoms with Gasteiger partial charge in [0.1, 0.15) is 5.75 Å². The Bertz CT molecular complexity index is 1500. The third-order valence-electron chi connectivity index (χ3n) is 8.43. The molecule has 0 radical (unpaired) electrons. The third kappa shape index (κ3) is 6.45. The van der Waals surface area contributed by atoms with E-state index in [9.17, 15) is 22.8 Å². The van der Waals surface area contributed by atoms with E-state index < -0.39 is 23.7 Å². The Labute approximate surface area is 260 Å². The number of halogens is 3. The molecule has 3 aromatic carbocycles. The van der Waals surface area contributed by atoms with E-state index in [1.54, 1.807) is 47.2 Å². The van der Waals surface area contributed by atoms with Crippen molar-refractivity contribution in [3.63, 3.8) is 0 Å². The number of nitrogens with zero attached hydrogens (tertiary/aromatic N) is 3. The number of piperazine rings is 1. The van der Waals surface area contributed by atoms with E-state index in [0.29, 0.717) is 67.0 Å². The second kappa shape index (κ2) is 13.2. The van der Waals surface area contributed by atoms with Gasteiger partial charge in [-0.1, -0.05) is 18.2 Å². The van der Waals surface area contributed by atoms with E-state index in [1.165, 1.54) is 27.4 Å². The summed E-state index contributed by atoms with van der Waals surface area (Å²) >= 11 is 0. The molecule has 0 spiro atoms. The first-order valence-electron chi connectivity index (χ1n) is 14.6. The zero-order chi connectivity index (χ0) is 32.3. The molecule has 0 aliphatic carbocycles. The van der Waals surface area contributed by atoms with E-state index in [4.69, 9.17) is 18.9 Å². The average Bonchev–Trinajstić information content (AvgIpc) is 3.06. The van der Waals surface area contributed by atoms with E-state index >= 15 is 0 Å². The van der Waals surface area contributed by atoms with Gasteiger partial charge in [0, 0.05) is 50.4 Å². The number of hydrogen-bond donors (Lipinski definition) is 0. The number of alkyl halides is 3. The first kappa shape index (κ1) is 31.8. The highest BCUT2D eigenvalue weighted by Crippen LogP contribution is 2.47. The fraction of sp³-hybridized carbons (Fsp3) is 0.394. The van der Waals surface area contributed by atoms with Crippen LogP contribution in [0.4, 0.5) is 24.5 Å². The van der Waals surface area contributed by atoms with Crippen LogP contribution >= 0.6 is 0 Å². The van der Waals surface area contributed by atoms with Gasteiger partial charge < -0.3 is 33.6 Å². The normalized spacial score (nSPS) is 18.9. The summed E-state index contributed by atoms with van der Waals surface area (Å²) in [5, 5.41) is 0. The molecule has 0 saturated carbocycles. The lowest BCUT2D eigenvalue weighted by molar-refractivity contribution is -0.139. The van der Waals surface area contributed by atoms with Crippen molar-refractivity contribution < 1.29 is 41.7 Å². The molecule has 45 heavy (non-hydrogen) atoms. The number of carbonyl (C=O) groups excluding carboxylic acids is 2. The van der Waals surface area contributed by atoms with Crippen molar-refractivity contribution in [1.29, 1.82) is 0 Å². The van der Waals surface area contributed by atoms with Gasteiger partial charge in [0.25, 0.3) is 0 Å². The summed E-state index contributed by atoms with van der Waals surface area (Å²) in [4.78, 5) is 33.1. The Morgan fingerprint density at radius 2 is 1.44 bits per heavy atom. The van der Waals surface area contributed by atoms with E-state index in [1.807, 2.05) is 17.0 Å². The number of carbonyl (C=O) groups is 2. The monoisotopic (exact) mass is 627 g/mol. The van der Waals surface area contributed by atoms with E-state index in [-0.39, 0.29) is 18.2 Å². The number of hydrogen-bond acceptors (Lipinski definition) is 7. The van der Waals surface area contributed by atoms with Crippen molar-refractivity contribution >= 4 is 23.2 Å². The maximum Gasteiger partial charge on any atom is 0.416 e. The SMILES string of the molecule is COc1ccc([C@@H]2[C@@H](C(=O)N3CCN(c4cccc(C(F)(F)F)c4)CC3)CCC(=O)N2c2cc(OC)c(OC)c(OC)c2)cc1. The molecule has 2 amide bonds. The van der Waals surface area contributed by atoms with Crippen LogP contribution in [0.15, 0.2) is 60.7 Å². The average molecular weight is 628 g/mol. The summed E-state index contributed by atoms with van der Waals surface area (Å²) in [7, 11) is 6.04. The van der Waals surface area contributed by atoms with Crippen LogP contribution < -0.4 is 28.7 Å². The number of benzene rings is 3. The van der Waals surface area contributed by atoms with Crippen LogP contribution in [-0.2, 0) is 15.8 Å². The summed E-state index contributed by atoms with van der Waals surface area (Å²) in [6.45, 7) is 1.42. The van der Waals surface area contributed by atoms with Crippen LogP contribution in [0, 0.1) is 5.92 Å². The summed E-state index contributed by atoms with van der Waals surface area (Å²) in [5.41, 5.74) is 0.991. The second-order valence-electron chi connectivity index (χ2n) is 10.9. The molecule has 3 aromatic rings. The molecule has 2 heterocycles. The van der Waals surface area contributed by atoms with Gasteiger partial charge in [-0.25, -0.2) is 0 Å². The van der Waals surface area contributed by atoms with Crippen LogP contribution in [0.5, 0.6) is 23.0 Å². The lowest BCUT2D eigenvalue weighted by Gasteiger charge is -2.44. The van der Waals surface area contributed by atoms with Crippen LogP contribution in [0.25, 0.3) is 0 Å². The van der Waals surface area contributed by atoms with Crippen LogP contribution in [0.2, 0.25) is 0 Å². The Hall–Kier alpha value is -4.61. The minimum Gasteiger partial charge on any atom is -0.497 e. The van der Waals surface area contributed by atoms with Crippen molar-refractivity contribution in [2.24, 2.45) is 5.92 Å². The summed E-state index contributed by atoms with van der Waals surface area (Å²) in [5.74, 6) is 0.872. The van der Waals surface area contributed by atoms with Gasteiger partial charge in [-0.15, -0.1) is 0 Å². The number of methoxy groups -OCH3 is 4. The second-order valence-corrected chi connectivity index (χ2v) is 10.9. The Kier molecular flexibility index (Phi) is 9.31. The van der Waals surface area contributed by atoms with Gasteiger partial charge in [0.05, 0.1) is 51.6 Å². The van der Waals surface area contributed by atoms with Gasteiger partial charge in [-0.2, -0.15) is 13.2 Å². The molecule has 240 valence electrons. The molecule has 0 bridgehead atoms. The Morgan fingerprint density at radius 3 is 2.00 bits per heavy atom. The fourth-order valence-electron chi connectivity index (χ4n) is 6.14. The summed E-state index contributed by atoms with van der Waals surface area (Å²) in [6, 6.07) is 15.2. The molecule has 12 heteroatoms. The fourth-order valence-corrected chi connectivity index (χ4v) is 6.14. The van der Waals surface area contributed by atoms with Crippen molar-refractivity contribution in [3.8, 4) is 23.0 Å². The summed E-state index contributed by atoms with van der Waals surface area (Å²) in [6.07, 6.45) is -3.96. The maximum atomic E-state index is 14.2.